The highest BCUT2D eigenvalue weighted by molar-refractivity contribution is 9.10. The Morgan fingerprint density at radius 1 is 0.875 bits per heavy atom. The molecule has 0 amide bonds. The van der Waals surface area contributed by atoms with Crippen LogP contribution in [0.5, 0.6) is 0 Å². The molecule has 0 saturated carbocycles. The van der Waals surface area contributed by atoms with Crippen molar-refractivity contribution in [1.29, 1.82) is 0 Å². The van der Waals surface area contributed by atoms with Gasteiger partial charge in [-0.15, -0.1) is 0 Å². The molecule has 2 aromatic carbocycles. The van der Waals surface area contributed by atoms with Crippen molar-refractivity contribution in [3.8, 4) is 0 Å². The van der Waals surface area contributed by atoms with Crippen molar-refractivity contribution in [3.05, 3.63) is 76.3 Å². The molecule has 0 atom stereocenters. The number of rotatable bonds is 7. The minimum atomic E-state index is -0.0225. The molecular formula is C21H22BrNO. The van der Waals surface area contributed by atoms with Gasteiger partial charge in [0, 0.05) is 23.2 Å². The summed E-state index contributed by atoms with van der Waals surface area (Å²) >= 11 is 3.39. The summed E-state index contributed by atoms with van der Waals surface area (Å²) in [4.78, 5) is 14.2. The smallest absolute Gasteiger partial charge is 0.178 e. The van der Waals surface area contributed by atoms with Crippen LogP contribution in [0.4, 0.5) is 5.69 Å². The number of nitrogens with zero attached hydrogens (tertiary/aromatic N) is 1. The van der Waals surface area contributed by atoms with E-state index in [1.54, 1.807) is 12.2 Å². The molecule has 0 bridgehead atoms. The third-order valence-corrected chi connectivity index (χ3v) is 4.30. The summed E-state index contributed by atoms with van der Waals surface area (Å²) < 4.78 is 1.03. The molecular weight excluding hydrogens is 362 g/mol. The topological polar surface area (TPSA) is 20.3 Å². The first-order valence-corrected chi connectivity index (χ1v) is 8.92. The molecule has 0 saturated heterocycles. The fraction of sp³-hybridized carbons (Fsp3) is 0.190. The zero-order valence-corrected chi connectivity index (χ0v) is 15.7. The number of hydrogen-bond acceptors (Lipinski definition) is 2. The van der Waals surface area contributed by atoms with Gasteiger partial charge in [0.15, 0.2) is 5.78 Å². The maximum atomic E-state index is 11.9. The Morgan fingerprint density at radius 3 is 1.79 bits per heavy atom. The number of ketones is 1. The van der Waals surface area contributed by atoms with Crippen LogP contribution in [0.15, 0.2) is 65.2 Å². The molecule has 0 heterocycles. The maximum Gasteiger partial charge on any atom is 0.178 e. The van der Waals surface area contributed by atoms with Gasteiger partial charge >= 0.3 is 0 Å². The summed E-state index contributed by atoms with van der Waals surface area (Å²) in [6, 6.07) is 16.1. The highest BCUT2D eigenvalue weighted by Crippen LogP contribution is 2.16. The summed E-state index contributed by atoms with van der Waals surface area (Å²) in [5.41, 5.74) is 3.23. The Kier molecular flexibility index (Phi) is 7.01. The first-order chi connectivity index (χ1) is 11.6. The lowest BCUT2D eigenvalue weighted by atomic mass is 10.1. The Morgan fingerprint density at radius 2 is 1.33 bits per heavy atom. The van der Waals surface area contributed by atoms with E-state index >= 15 is 0 Å². The van der Waals surface area contributed by atoms with Crippen molar-refractivity contribution in [2.24, 2.45) is 0 Å². The predicted molar refractivity (Wildman–Crippen MR) is 107 cm³/mol. The van der Waals surface area contributed by atoms with Gasteiger partial charge in [-0.3, -0.25) is 4.79 Å². The van der Waals surface area contributed by atoms with Crippen LogP contribution in [0.25, 0.3) is 12.2 Å². The van der Waals surface area contributed by atoms with Gasteiger partial charge in [0.1, 0.15) is 0 Å². The molecule has 0 aliphatic rings. The molecule has 2 aromatic rings. The van der Waals surface area contributed by atoms with E-state index in [1.165, 1.54) is 5.69 Å². The second kappa shape index (κ2) is 9.24. The largest absolute Gasteiger partial charge is 0.372 e. The minimum absolute atomic E-state index is 0.0225. The molecule has 124 valence electrons. The lowest BCUT2D eigenvalue weighted by Gasteiger charge is -2.20. The third kappa shape index (κ3) is 5.50. The van der Waals surface area contributed by atoms with Gasteiger partial charge in [-0.1, -0.05) is 52.3 Å². The van der Waals surface area contributed by atoms with E-state index in [0.717, 1.165) is 28.7 Å². The van der Waals surface area contributed by atoms with E-state index in [1.807, 2.05) is 48.6 Å². The standard InChI is InChI=1S/C21H22BrNO/c1-3-23(4-2)20-13-7-18(8-14-20)10-16-21(24)15-9-17-5-11-19(22)12-6-17/h5-16H,3-4H2,1-2H3/b15-9+,16-10+. The maximum absolute atomic E-state index is 11.9. The fourth-order valence-corrected chi connectivity index (χ4v) is 2.64. The third-order valence-electron chi connectivity index (χ3n) is 3.77. The Bertz CT molecular complexity index is 711. The van der Waals surface area contributed by atoms with Gasteiger partial charge in [-0.2, -0.15) is 0 Å². The summed E-state index contributed by atoms with van der Waals surface area (Å²) in [7, 11) is 0. The summed E-state index contributed by atoms with van der Waals surface area (Å²) in [5.74, 6) is -0.0225. The van der Waals surface area contributed by atoms with E-state index in [-0.39, 0.29) is 5.78 Å². The summed E-state index contributed by atoms with van der Waals surface area (Å²) in [6.07, 6.45) is 6.86. The van der Waals surface area contributed by atoms with Gasteiger partial charge in [-0.25, -0.2) is 0 Å². The van der Waals surface area contributed by atoms with Crippen molar-refractivity contribution in [1.82, 2.24) is 0 Å². The van der Waals surface area contributed by atoms with Crippen LogP contribution in [0.1, 0.15) is 25.0 Å². The fourth-order valence-electron chi connectivity index (χ4n) is 2.37. The molecule has 0 radical (unpaired) electrons. The zero-order chi connectivity index (χ0) is 17.4. The molecule has 24 heavy (non-hydrogen) atoms. The lowest BCUT2D eigenvalue weighted by Crippen LogP contribution is -2.21. The van der Waals surface area contributed by atoms with Gasteiger partial charge in [-0.05, 0) is 61.4 Å². The molecule has 2 rings (SSSR count). The Labute approximate surface area is 152 Å². The molecule has 3 heteroatoms. The van der Waals surface area contributed by atoms with Crippen LogP contribution >= 0.6 is 15.9 Å². The van der Waals surface area contributed by atoms with Crippen LogP contribution in [0.2, 0.25) is 0 Å². The van der Waals surface area contributed by atoms with Crippen molar-refractivity contribution >= 4 is 39.6 Å². The number of carbonyl (C=O) groups excluding carboxylic acids is 1. The number of allylic oxidation sites excluding steroid dienone is 2. The van der Waals surface area contributed by atoms with Crippen molar-refractivity contribution in [2.75, 3.05) is 18.0 Å². The first kappa shape index (κ1) is 18.2. The van der Waals surface area contributed by atoms with E-state index < -0.39 is 0 Å². The molecule has 2 nitrogen and oxygen atoms in total. The normalized spacial score (nSPS) is 11.3. The highest BCUT2D eigenvalue weighted by atomic mass is 79.9. The predicted octanol–water partition coefficient (Wildman–Crippen LogP) is 5.59. The van der Waals surface area contributed by atoms with Crippen molar-refractivity contribution in [3.63, 3.8) is 0 Å². The SMILES string of the molecule is CCN(CC)c1ccc(/C=C/C(=O)/C=C/c2ccc(Br)cc2)cc1. The molecule has 0 aliphatic carbocycles. The van der Waals surface area contributed by atoms with Crippen molar-refractivity contribution in [2.45, 2.75) is 13.8 Å². The number of halogens is 1. The Hall–Kier alpha value is -2.13. The molecule has 0 aromatic heterocycles. The molecule has 0 spiro atoms. The second-order valence-corrected chi connectivity index (χ2v) is 6.30. The molecule has 0 aliphatic heterocycles. The molecule has 0 fully saturated rings. The lowest BCUT2D eigenvalue weighted by molar-refractivity contribution is -0.110. The van der Waals surface area contributed by atoms with Gasteiger partial charge < -0.3 is 4.90 Å². The summed E-state index contributed by atoms with van der Waals surface area (Å²) in [5, 5.41) is 0. The van der Waals surface area contributed by atoms with E-state index in [2.05, 4.69) is 46.8 Å². The van der Waals surface area contributed by atoms with Crippen molar-refractivity contribution < 1.29 is 4.79 Å². The monoisotopic (exact) mass is 383 g/mol. The van der Waals surface area contributed by atoms with Gasteiger partial charge in [0.2, 0.25) is 0 Å². The first-order valence-electron chi connectivity index (χ1n) is 8.13. The van der Waals surface area contributed by atoms with Crippen LogP contribution in [0, 0.1) is 0 Å². The average molecular weight is 384 g/mol. The van der Waals surface area contributed by atoms with E-state index in [9.17, 15) is 4.79 Å². The van der Waals surface area contributed by atoms with Gasteiger partial charge in [0.25, 0.3) is 0 Å². The van der Waals surface area contributed by atoms with Crippen LogP contribution in [-0.2, 0) is 4.79 Å². The van der Waals surface area contributed by atoms with Crippen LogP contribution in [0.3, 0.4) is 0 Å². The number of carbonyl (C=O) groups is 1. The van der Waals surface area contributed by atoms with Gasteiger partial charge in [0.05, 0.1) is 0 Å². The average Bonchev–Trinajstić information content (AvgIpc) is 2.61. The molecule has 0 unspecified atom stereocenters. The van der Waals surface area contributed by atoms with Crippen LogP contribution < -0.4 is 4.90 Å². The number of benzene rings is 2. The van der Waals surface area contributed by atoms with E-state index in [0.29, 0.717) is 0 Å². The number of hydrogen-bond donors (Lipinski definition) is 0. The Balaban J connectivity index is 1.97. The quantitative estimate of drug-likeness (QED) is 0.580. The minimum Gasteiger partial charge on any atom is -0.372 e. The molecule has 0 N–H and O–H groups in total. The van der Waals surface area contributed by atoms with Crippen LogP contribution in [-0.4, -0.2) is 18.9 Å². The van der Waals surface area contributed by atoms with E-state index in [4.69, 9.17) is 0 Å². The zero-order valence-electron chi connectivity index (χ0n) is 14.1. The second-order valence-electron chi connectivity index (χ2n) is 5.38. The summed E-state index contributed by atoms with van der Waals surface area (Å²) in [6.45, 7) is 6.28. The number of anilines is 1. The highest BCUT2D eigenvalue weighted by Gasteiger charge is 2.00.